The first-order valence-electron chi connectivity index (χ1n) is 1.10. The van der Waals surface area contributed by atoms with Gasteiger partial charge in [-0.05, 0) is 0 Å². The number of hydrogen-bond donors (Lipinski definition) is 0. The highest BCUT2D eigenvalue weighted by molar-refractivity contribution is 8.12. The van der Waals surface area contributed by atoms with E-state index in [2.05, 4.69) is 15.1 Å². The van der Waals surface area contributed by atoms with Crippen LogP contribution in [0.25, 0.3) is 0 Å². The Bertz CT molecular complexity index is 189. The molecule has 8 heavy (non-hydrogen) atoms. The van der Waals surface area contributed by atoms with Gasteiger partial charge in [-0.15, -0.1) is 12.4 Å². The van der Waals surface area contributed by atoms with E-state index < -0.39 is 9.24 Å². The normalized spacial score (nSPS) is 8.62. The van der Waals surface area contributed by atoms with Gasteiger partial charge in [-0.2, -0.15) is 8.42 Å². The lowest BCUT2D eigenvalue weighted by Gasteiger charge is -1.67. The van der Waals surface area contributed by atoms with Crippen molar-refractivity contribution in [3.8, 4) is 0 Å². The van der Waals surface area contributed by atoms with Crippen molar-refractivity contribution in [1.82, 2.24) is 0 Å². The summed E-state index contributed by atoms with van der Waals surface area (Å²) in [5, 5.41) is 0. The summed E-state index contributed by atoms with van der Waals surface area (Å²) >= 11 is 0. The number of nitrogens with zero attached hydrogens (tertiary/aromatic N) is 1. The van der Waals surface area contributed by atoms with Gasteiger partial charge in [0.1, 0.15) is 0 Å². The minimum absolute atomic E-state index is 0. The van der Waals surface area contributed by atoms with E-state index in [1.165, 1.54) is 0 Å². The van der Waals surface area contributed by atoms with Crippen molar-refractivity contribution in [3.63, 3.8) is 0 Å². The monoisotopic (exact) mass is 177 g/mol. The molecular formula is CHCl2NO3S. The van der Waals surface area contributed by atoms with Gasteiger partial charge in [0, 0.05) is 10.7 Å². The molecule has 48 valence electrons. The van der Waals surface area contributed by atoms with Crippen molar-refractivity contribution in [2.75, 3.05) is 0 Å². The summed E-state index contributed by atoms with van der Waals surface area (Å²) in [6.45, 7) is 0. The molecule has 0 atom stereocenters. The van der Waals surface area contributed by atoms with Crippen LogP contribution in [0.15, 0.2) is 4.40 Å². The number of hydrogen-bond acceptors (Lipinski definition) is 3. The molecule has 7 heteroatoms. The van der Waals surface area contributed by atoms with Crippen molar-refractivity contribution in [3.05, 3.63) is 0 Å². The smallest absolute Gasteiger partial charge is 0.210 e. The summed E-state index contributed by atoms with van der Waals surface area (Å²) in [7, 11) is 0.376. The predicted octanol–water partition coefficient (Wildman–Crippen LogP) is 0.228. The van der Waals surface area contributed by atoms with Crippen LogP contribution in [0.4, 0.5) is 0 Å². The Morgan fingerprint density at radius 2 is 1.88 bits per heavy atom. The average molecular weight is 178 g/mol. The summed E-state index contributed by atoms with van der Waals surface area (Å²) in [4.78, 5) is 9.07. The van der Waals surface area contributed by atoms with Crippen molar-refractivity contribution < 1.29 is 13.2 Å². The zero-order chi connectivity index (χ0) is 5.91. The molecule has 0 saturated carbocycles. The van der Waals surface area contributed by atoms with Gasteiger partial charge in [0.05, 0.1) is 0 Å². The topological polar surface area (TPSA) is 63.6 Å². The van der Waals surface area contributed by atoms with Gasteiger partial charge in [0.2, 0.25) is 0 Å². The molecule has 0 amide bonds. The summed E-state index contributed by atoms with van der Waals surface area (Å²) in [5.74, 6) is 0. The van der Waals surface area contributed by atoms with Gasteiger partial charge in [0.15, 0.2) is 0 Å². The first-order valence-corrected chi connectivity index (χ1v) is 3.36. The van der Waals surface area contributed by atoms with Crippen LogP contribution in [0, 0.1) is 0 Å². The van der Waals surface area contributed by atoms with E-state index in [0.717, 1.165) is 6.08 Å². The van der Waals surface area contributed by atoms with Crippen molar-refractivity contribution in [1.29, 1.82) is 0 Å². The maximum atomic E-state index is 9.57. The first kappa shape index (κ1) is 10.8. The fourth-order valence-corrected chi connectivity index (χ4v) is 0.218. The molecule has 0 N–H and O–H groups in total. The van der Waals surface area contributed by atoms with Crippen LogP contribution < -0.4 is 0 Å². The maximum absolute atomic E-state index is 9.57. The van der Waals surface area contributed by atoms with E-state index in [1.54, 1.807) is 0 Å². The number of isocyanates is 1. The molecule has 0 spiro atoms. The van der Waals surface area contributed by atoms with Gasteiger partial charge >= 0.3 is 9.24 Å². The molecule has 0 unspecified atom stereocenters. The molecule has 0 aliphatic heterocycles. The fourth-order valence-electron chi connectivity index (χ4n) is 0.0445. The van der Waals surface area contributed by atoms with E-state index >= 15 is 0 Å². The van der Waals surface area contributed by atoms with E-state index in [0.29, 0.717) is 0 Å². The molecule has 0 heterocycles. The zero-order valence-corrected chi connectivity index (χ0v) is 5.76. The van der Waals surface area contributed by atoms with E-state index in [4.69, 9.17) is 4.79 Å². The molecule has 0 radical (unpaired) electrons. The van der Waals surface area contributed by atoms with Crippen molar-refractivity contribution in [2.24, 2.45) is 4.40 Å². The molecule has 0 aromatic rings. The lowest BCUT2D eigenvalue weighted by molar-refractivity contribution is 0.564. The molecule has 0 aromatic carbocycles. The van der Waals surface area contributed by atoms with Gasteiger partial charge in [-0.25, -0.2) is 4.79 Å². The fraction of sp³-hybridized carbons (Fsp3) is 0. The highest BCUT2D eigenvalue weighted by Gasteiger charge is 1.95. The average Bonchev–Trinajstić information content (AvgIpc) is 1.30. The standard InChI is InChI=1S/CClNO3S.ClH/c2-7(5,6)3-1-4;/h;1H. The lowest BCUT2D eigenvalue weighted by atomic mass is 11.7. The first-order chi connectivity index (χ1) is 3.06. The highest BCUT2D eigenvalue weighted by Crippen LogP contribution is 1.93. The van der Waals surface area contributed by atoms with Crippen LogP contribution in [0.2, 0.25) is 0 Å². The zero-order valence-electron chi connectivity index (χ0n) is 3.37. The van der Waals surface area contributed by atoms with Gasteiger partial charge in [-0.1, -0.05) is 4.40 Å². The predicted molar refractivity (Wildman–Crippen MR) is 30.1 cm³/mol. The lowest BCUT2D eigenvalue weighted by Crippen LogP contribution is -1.76. The Balaban J connectivity index is 0. The summed E-state index contributed by atoms with van der Waals surface area (Å²) < 4.78 is 21.3. The second-order valence-corrected chi connectivity index (χ2v) is 2.77. The largest absolute Gasteiger partial charge is 0.350 e. The van der Waals surface area contributed by atoms with Crippen molar-refractivity contribution in [2.45, 2.75) is 0 Å². The van der Waals surface area contributed by atoms with Crippen LogP contribution in [-0.2, 0) is 14.0 Å². The molecule has 0 aromatic heterocycles. The molecular weight excluding hydrogens is 177 g/mol. The number of halogens is 2. The summed E-state index contributed by atoms with van der Waals surface area (Å²) in [6.07, 6.45) is 0.763. The van der Waals surface area contributed by atoms with Gasteiger partial charge < -0.3 is 0 Å². The number of rotatable bonds is 1. The van der Waals surface area contributed by atoms with Gasteiger partial charge in [-0.3, -0.25) is 0 Å². The molecule has 0 aliphatic rings. The Kier molecular flexibility index (Phi) is 5.21. The Hall–Kier alpha value is -0.0900. The van der Waals surface area contributed by atoms with E-state index in [9.17, 15) is 8.42 Å². The summed E-state index contributed by atoms with van der Waals surface area (Å²) in [6, 6.07) is 0. The molecule has 0 rings (SSSR count). The van der Waals surface area contributed by atoms with E-state index in [1.807, 2.05) is 0 Å². The molecule has 0 bridgehead atoms. The third kappa shape index (κ3) is 9.32. The Labute approximate surface area is 56.5 Å². The second kappa shape index (κ2) is 3.86. The minimum atomic E-state index is -4.00. The van der Waals surface area contributed by atoms with Crippen LogP contribution in [-0.4, -0.2) is 14.5 Å². The molecule has 0 saturated heterocycles. The minimum Gasteiger partial charge on any atom is -0.210 e. The Morgan fingerprint density at radius 3 is 1.88 bits per heavy atom. The molecule has 0 fully saturated rings. The number of carbonyl (C=O) groups excluding carboxylic acids is 1. The Morgan fingerprint density at radius 1 is 1.50 bits per heavy atom. The van der Waals surface area contributed by atoms with Crippen LogP contribution in [0.5, 0.6) is 0 Å². The van der Waals surface area contributed by atoms with E-state index in [-0.39, 0.29) is 12.4 Å². The van der Waals surface area contributed by atoms with Crippen LogP contribution in [0.3, 0.4) is 0 Å². The highest BCUT2D eigenvalue weighted by atomic mass is 35.7. The SMILES string of the molecule is Cl.O=C=NS(=O)(=O)Cl. The summed E-state index contributed by atoms with van der Waals surface area (Å²) in [5.41, 5.74) is 0. The molecule has 0 aliphatic carbocycles. The maximum Gasteiger partial charge on any atom is 0.350 e. The van der Waals surface area contributed by atoms with Gasteiger partial charge in [0.25, 0.3) is 6.08 Å². The third-order valence-electron chi connectivity index (χ3n) is 0.146. The quantitative estimate of drug-likeness (QED) is 0.328. The van der Waals surface area contributed by atoms with Crippen LogP contribution in [0.1, 0.15) is 0 Å². The van der Waals surface area contributed by atoms with Crippen molar-refractivity contribution >= 4 is 38.4 Å². The molecule has 4 nitrogen and oxygen atoms in total. The third-order valence-corrected chi connectivity index (χ3v) is 0.646. The second-order valence-electron chi connectivity index (χ2n) is 0.595. The van der Waals surface area contributed by atoms with Crippen LogP contribution >= 0.6 is 23.1 Å².